The highest BCUT2D eigenvalue weighted by Crippen LogP contribution is 2.29. The van der Waals surface area contributed by atoms with Crippen molar-refractivity contribution in [2.24, 2.45) is 5.73 Å². The van der Waals surface area contributed by atoms with Crippen molar-refractivity contribution in [3.63, 3.8) is 0 Å². The third-order valence-electron chi connectivity index (χ3n) is 2.43. The summed E-state index contributed by atoms with van der Waals surface area (Å²) in [6, 6.07) is 8.21. The van der Waals surface area contributed by atoms with Crippen molar-refractivity contribution in [2.75, 3.05) is 25.5 Å². The first-order valence-corrected chi connectivity index (χ1v) is 7.91. The number of aromatic nitrogens is 2. The molecule has 0 bridgehead atoms. The van der Waals surface area contributed by atoms with Crippen LogP contribution in [0.3, 0.4) is 0 Å². The molecule has 0 aliphatic carbocycles. The summed E-state index contributed by atoms with van der Waals surface area (Å²) in [6.45, 7) is 0.392. The SMILES string of the molecule is CN(C)c1nnc(SCc2ccc(C#CCN)cc2)s1. The second kappa shape index (κ2) is 7.29. The Balaban J connectivity index is 1.93. The van der Waals surface area contributed by atoms with Crippen LogP contribution >= 0.6 is 23.1 Å². The largest absolute Gasteiger partial charge is 0.353 e. The summed E-state index contributed by atoms with van der Waals surface area (Å²) >= 11 is 3.30. The molecular weight excluding hydrogens is 288 g/mol. The van der Waals surface area contributed by atoms with Gasteiger partial charge in [0, 0.05) is 25.4 Å². The summed E-state index contributed by atoms with van der Waals surface area (Å²) in [6.07, 6.45) is 0. The maximum atomic E-state index is 5.35. The Morgan fingerprint density at radius 3 is 2.60 bits per heavy atom. The van der Waals surface area contributed by atoms with Crippen LogP contribution in [0.1, 0.15) is 11.1 Å². The molecular formula is C14H16N4S2. The summed E-state index contributed by atoms with van der Waals surface area (Å²) in [5, 5.41) is 9.21. The van der Waals surface area contributed by atoms with Gasteiger partial charge in [-0.3, -0.25) is 0 Å². The normalized spacial score (nSPS) is 9.95. The fourth-order valence-corrected chi connectivity index (χ4v) is 3.14. The standard InChI is InChI=1S/C14H16N4S2/c1-18(2)13-16-17-14(20-13)19-10-12-7-5-11(6-8-12)4-3-9-15/h5-8H,9-10,15H2,1-2H3. The molecule has 0 unspecified atom stereocenters. The number of anilines is 1. The summed E-state index contributed by atoms with van der Waals surface area (Å²) in [4.78, 5) is 1.96. The molecule has 20 heavy (non-hydrogen) atoms. The smallest absolute Gasteiger partial charge is 0.208 e. The molecule has 1 aromatic carbocycles. The number of rotatable bonds is 4. The zero-order valence-corrected chi connectivity index (χ0v) is 13.1. The third kappa shape index (κ3) is 4.23. The van der Waals surface area contributed by atoms with E-state index >= 15 is 0 Å². The fourth-order valence-electron chi connectivity index (χ4n) is 1.42. The third-order valence-corrected chi connectivity index (χ3v) is 4.72. The van der Waals surface area contributed by atoms with Gasteiger partial charge in [0.15, 0.2) is 4.34 Å². The first-order valence-electron chi connectivity index (χ1n) is 6.10. The van der Waals surface area contributed by atoms with E-state index in [1.807, 2.05) is 31.1 Å². The first kappa shape index (κ1) is 14.9. The molecule has 1 aromatic heterocycles. The minimum Gasteiger partial charge on any atom is -0.353 e. The minimum atomic E-state index is 0.392. The Bertz CT molecular complexity index is 608. The Morgan fingerprint density at radius 1 is 1.25 bits per heavy atom. The van der Waals surface area contributed by atoms with Gasteiger partial charge in [0.05, 0.1) is 6.54 Å². The lowest BCUT2D eigenvalue weighted by Crippen LogP contribution is -2.07. The van der Waals surface area contributed by atoms with Crippen molar-refractivity contribution in [3.8, 4) is 11.8 Å². The Morgan fingerprint density at radius 2 is 2.00 bits per heavy atom. The maximum absolute atomic E-state index is 5.35. The molecule has 0 amide bonds. The molecule has 2 aromatic rings. The van der Waals surface area contributed by atoms with Crippen LogP contribution in [0.5, 0.6) is 0 Å². The molecule has 6 heteroatoms. The molecule has 0 saturated carbocycles. The zero-order chi connectivity index (χ0) is 14.4. The summed E-state index contributed by atoms with van der Waals surface area (Å²) in [7, 11) is 3.94. The van der Waals surface area contributed by atoms with E-state index in [1.54, 1.807) is 23.1 Å². The van der Waals surface area contributed by atoms with E-state index in [2.05, 4.69) is 34.2 Å². The highest BCUT2D eigenvalue weighted by Gasteiger charge is 2.06. The second-order valence-electron chi connectivity index (χ2n) is 4.24. The minimum absolute atomic E-state index is 0.392. The molecule has 0 aliphatic heterocycles. The number of hydrogen-bond donors (Lipinski definition) is 1. The van der Waals surface area contributed by atoms with Gasteiger partial charge in [-0.15, -0.1) is 10.2 Å². The van der Waals surface area contributed by atoms with Gasteiger partial charge in [-0.1, -0.05) is 47.1 Å². The van der Waals surface area contributed by atoms with E-state index in [1.165, 1.54) is 5.56 Å². The lowest BCUT2D eigenvalue weighted by Gasteiger charge is -2.03. The highest BCUT2D eigenvalue weighted by atomic mass is 32.2. The average molecular weight is 304 g/mol. The van der Waals surface area contributed by atoms with Gasteiger partial charge >= 0.3 is 0 Å². The predicted octanol–water partition coefficient (Wildman–Crippen LogP) is 2.21. The van der Waals surface area contributed by atoms with Gasteiger partial charge in [0.2, 0.25) is 5.13 Å². The van der Waals surface area contributed by atoms with Gasteiger partial charge in [0.25, 0.3) is 0 Å². The van der Waals surface area contributed by atoms with E-state index in [-0.39, 0.29) is 0 Å². The van der Waals surface area contributed by atoms with E-state index < -0.39 is 0 Å². The topological polar surface area (TPSA) is 55.0 Å². The molecule has 2 N–H and O–H groups in total. The van der Waals surface area contributed by atoms with Crippen molar-refractivity contribution in [1.82, 2.24) is 10.2 Å². The van der Waals surface area contributed by atoms with Crippen LogP contribution in [0.25, 0.3) is 0 Å². The first-order chi connectivity index (χ1) is 9.69. The monoisotopic (exact) mass is 304 g/mol. The van der Waals surface area contributed by atoms with Crippen LogP contribution in [0.15, 0.2) is 28.6 Å². The zero-order valence-electron chi connectivity index (χ0n) is 11.5. The number of hydrogen-bond acceptors (Lipinski definition) is 6. The van der Waals surface area contributed by atoms with Crippen molar-refractivity contribution in [2.45, 2.75) is 10.1 Å². The van der Waals surface area contributed by atoms with Crippen molar-refractivity contribution in [1.29, 1.82) is 0 Å². The average Bonchev–Trinajstić information content (AvgIpc) is 2.93. The van der Waals surface area contributed by atoms with E-state index in [4.69, 9.17) is 5.73 Å². The number of nitrogens with zero attached hydrogens (tertiary/aromatic N) is 3. The van der Waals surface area contributed by atoms with Gasteiger partial charge in [0.1, 0.15) is 0 Å². The molecule has 2 rings (SSSR count). The highest BCUT2D eigenvalue weighted by molar-refractivity contribution is 8.00. The van der Waals surface area contributed by atoms with Crippen LogP contribution in [-0.4, -0.2) is 30.8 Å². The van der Waals surface area contributed by atoms with E-state index in [0.717, 1.165) is 20.8 Å². The van der Waals surface area contributed by atoms with E-state index in [0.29, 0.717) is 6.54 Å². The van der Waals surface area contributed by atoms with Crippen LogP contribution < -0.4 is 10.6 Å². The van der Waals surface area contributed by atoms with Crippen LogP contribution in [-0.2, 0) is 5.75 Å². The predicted molar refractivity (Wildman–Crippen MR) is 86.2 cm³/mol. The molecule has 1 heterocycles. The molecule has 0 fully saturated rings. The van der Waals surface area contributed by atoms with Crippen molar-refractivity contribution < 1.29 is 0 Å². The number of nitrogens with two attached hydrogens (primary N) is 1. The quantitative estimate of drug-likeness (QED) is 0.693. The van der Waals surface area contributed by atoms with Crippen LogP contribution in [0.4, 0.5) is 5.13 Å². The molecule has 0 aliphatic rings. The maximum Gasteiger partial charge on any atom is 0.208 e. The van der Waals surface area contributed by atoms with Gasteiger partial charge in [-0.2, -0.15) is 0 Å². The van der Waals surface area contributed by atoms with Gasteiger partial charge in [-0.25, -0.2) is 0 Å². The second-order valence-corrected chi connectivity index (χ2v) is 6.41. The lowest BCUT2D eigenvalue weighted by molar-refractivity contribution is 0.972. The van der Waals surface area contributed by atoms with Gasteiger partial charge < -0.3 is 10.6 Å². The summed E-state index contributed by atoms with van der Waals surface area (Å²) in [5.41, 5.74) is 7.59. The van der Waals surface area contributed by atoms with E-state index in [9.17, 15) is 0 Å². The molecule has 0 radical (unpaired) electrons. The summed E-state index contributed by atoms with van der Waals surface area (Å²) in [5.74, 6) is 6.74. The molecule has 0 spiro atoms. The fraction of sp³-hybridized carbons (Fsp3) is 0.286. The molecule has 4 nitrogen and oxygen atoms in total. The Hall–Kier alpha value is -1.55. The number of thioether (sulfide) groups is 1. The lowest BCUT2D eigenvalue weighted by atomic mass is 10.1. The van der Waals surface area contributed by atoms with Crippen molar-refractivity contribution >= 4 is 28.2 Å². The summed E-state index contributed by atoms with van der Waals surface area (Å²) < 4.78 is 0.987. The number of benzene rings is 1. The van der Waals surface area contributed by atoms with Gasteiger partial charge in [-0.05, 0) is 17.7 Å². The molecule has 0 saturated heterocycles. The molecule has 0 atom stereocenters. The van der Waals surface area contributed by atoms with Crippen molar-refractivity contribution in [3.05, 3.63) is 35.4 Å². The van der Waals surface area contributed by atoms with Crippen LogP contribution in [0.2, 0.25) is 0 Å². The Kier molecular flexibility index (Phi) is 5.41. The van der Waals surface area contributed by atoms with Crippen LogP contribution in [0, 0.1) is 11.8 Å². The Labute approximate surface area is 127 Å². The molecule has 104 valence electrons.